The van der Waals surface area contributed by atoms with Crippen LogP contribution in [0.5, 0.6) is 5.75 Å². The molecule has 0 fully saturated rings. The van der Waals surface area contributed by atoms with E-state index in [0.717, 1.165) is 16.9 Å². The van der Waals surface area contributed by atoms with Gasteiger partial charge >= 0.3 is 0 Å². The van der Waals surface area contributed by atoms with Crippen LogP contribution in [0.25, 0.3) is 0 Å². The van der Waals surface area contributed by atoms with E-state index < -0.39 is 5.54 Å². The van der Waals surface area contributed by atoms with Gasteiger partial charge in [0.15, 0.2) is 0 Å². The number of ether oxygens (including phenoxy) is 1. The lowest BCUT2D eigenvalue weighted by atomic mass is 9.99. The van der Waals surface area contributed by atoms with E-state index in [9.17, 15) is 9.90 Å². The van der Waals surface area contributed by atoms with E-state index in [1.165, 1.54) is 0 Å². The van der Waals surface area contributed by atoms with Gasteiger partial charge in [-0.3, -0.25) is 4.79 Å². The Balaban J connectivity index is 2.72. The molecule has 2 N–H and O–H groups in total. The minimum atomic E-state index is -0.550. The number of benzene rings is 1. The topological polar surface area (TPSA) is 58.6 Å². The summed E-state index contributed by atoms with van der Waals surface area (Å²) in [6.45, 7) is 5.67. The highest BCUT2D eigenvalue weighted by Gasteiger charge is 2.23. The molecule has 1 atom stereocenters. The molecule has 4 nitrogen and oxygen atoms in total. The Morgan fingerprint density at radius 2 is 2.16 bits per heavy atom. The first-order valence-corrected chi connectivity index (χ1v) is 6.49. The van der Waals surface area contributed by atoms with Crippen LogP contribution in [0, 0.1) is 6.92 Å². The van der Waals surface area contributed by atoms with E-state index >= 15 is 0 Å². The number of hydrogen-bond donors (Lipinski definition) is 2. The number of amides is 1. The molecule has 1 rings (SSSR count). The van der Waals surface area contributed by atoms with Gasteiger partial charge in [-0.1, -0.05) is 19.1 Å². The summed E-state index contributed by atoms with van der Waals surface area (Å²) in [6.07, 6.45) is 0.971. The second-order valence-electron chi connectivity index (χ2n) is 5.10. The van der Waals surface area contributed by atoms with Crippen LogP contribution in [0.4, 0.5) is 0 Å². The van der Waals surface area contributed by atoms with Gasteiger partial charge in [-0.2, -0.15) is 0 Å². The maximum atomic E-state index is 12.0. The van der Waals surface area contributed by atoms with Crippen LogP contribution in [-0.4, -0.2) is 30.3 Å². The first-order chi connectivity index (χ1) is 8.94. The maximum absolute atomic E-state index is 12.0. The van der Waals surface area contributed by atoms with Gasteiger partial charge in [0.05, 0.1) is 25.7 Å². The first kappa shape index (κ1) is 15.5. The molecule has 0 aliphatic carbocycles. The van der Waals surface area contributed by atoms with Gasteiger partial charge < -0.3 is 15.2 Å². The van der Waals surface area contributed by atoms with E-state index in [1.54, 1.807) is 7.11 Å². The molecule has 1 aromatic rings. The van der Waals surface area contributed by atoms with Crippen molar-refractivity contribution >= 4 is 5.91 Å². The van der Waals surface area contributed by atoms with E-state index in [4.69, 9.17) is 4.74 Å². The van der Waals surface area contributed by atoms with Gasteiger partial charge in [-0.05, 0) is 37.5 Å². The van der Waals surface area contributed by atoms with E-state index in [-0.39, 0.29) is 18.9 Å². The molecular formula is C15H23NO3. The lowest BCUT2D eigenvalue weighted by molar-refractivity contribution is -0.122. The molecular weight excluding hydrogens is 242 g/mol. The molecule has 0 bridgehead atoms. The van der Waals surface area contributed by atoms with Gasteiger partial charge in [0.25, 0.3) is 0 Å². The van der Waals surface area contributed by atoms with Gasteiger partial charge in [0.1, 0.15) is 5.75 Å². The molecule has 4 heteroatoms. The number of carbonyl (C=O) groups excluding carboxylic acids is 1. The average molecular weight is 265 g/mol. The summed E-state index contributed by atoms with van der Waals surface area (Å²) in [7, 11) is 1.62. The monoisotopic (exact) mass is 265 g/mol. The van der Waals surface area contributed by atoms with Crippen LogP contribution in [0.3, 0.4) is 0 Å². The zero-order chi connectivity index (χ0) is 14.5. The van der Waals surface area contributed by atoms with Gasteiger partial charge in [0.2, 0.25) is 5.91 Å². The number of nitrogens with one attached hydrogen (secondary N) is 1. The standard InChI is InChI=1S/C15H23NO3/c1-5-15(3,10-17)16-14(18)9-12-7-6-11(2)13(8-12)19-4/h6-8,17H,5,9-10H2,1-4H3,(H,16,18). The SMILES string of the molecule is CCC(C)(CO)NC(=O)Cc1ccc(C)c(OC)c1. The number of methoxy groups -OCH3 is 1. The maximum Gasteiger partial charge on any atom is 0.224 e. The summed E-state index contributed by atoms with van der Waals surface area (Å²) in [5.41, 5.74) is 1.39. The highest BCUT2D eigenvalue weighted by Crippen LogP contribution is 2.19. The van der Waals surface area contributed by atoms with Crippen molar-refractivity contribution in [1.82, 2.24) is 5.32 Å². The molecule has 0 heterocycles. The highest BCUT2D eigenvalue weighted by atomic mass is 16.5. The summed E-state index contributed by atoms with van der Waals surface area (Å²) in [4.78, 5) is 12.0. The number of aliphatic hydroxyl groups is 1. The van der Waals surface area contributed by atoms with Crippen molar-refractivity contribution in [3.63, 3.8) is 0 Å². The Morgan fingerprint density at radius 1 is 1.47 bits per heavy atom. The molecule has 0 radical (unpaired) electrons. The van der Waals surface area contributed by atoms with Crippen LogP contribution in [-0.2, 0) is 11.2 Å². The Kier molecular flexibility index (Phi) is 5.36. The predicted octanol–water partition coefficient (Wildman–Crippen LogP) is 1.82. The van der Waals surface area contributed by atoms with Crippen LogP contribution in [0.1, 0.15) is 31.4 Å². The normalized spacial score (nSPS) is 13.7. The van der Waals surface area contributed by atoms with E-state index in [0.29, 0.717) is 6.42 Å². The van der Waals surface area contributed by atoms with Crippen molar-refractivity contribution in [3.8, 4) is 5.75 Å². The third kappa shape index (κ3) is 4.24. The van der Waals surface area contributed by atoms with Crippen molar-refractivity contribution in [2.24, 2.45) is 0 Å². The second kappa shape index (κ2) is 6.57. The van der Waals surface area contributed by atoms with Gasteiger partial charge in [-0.25, -0.2) is 0 Å². The van der Waals surface area contributed by atoms with Crippen molar-refractivity contribution in [2.45, 2.75) is 39.2 Å². The Morgan fingerprint density at radius 3 is 2.68 bits per heavy atom. The number of aliphatic hydroxyl groups excluding tert-OH is 1. The van der Waals surface area contributed by atoms with Crippen molar-refractivity contribution < 1.29 is 14.6 Å². The van der Waals surface area contributed by atoms with Crippen molar-refractivity contribution in [2.75, 3.05) is 13.7 Å². The smallest absolute Gasteiger partial charge is 0.224 e. The lowest BCUT2D eigenvalue weighted by Gasteiger charge is -2.27. The summed E-state index contributed by atoms with van der Waals surface area (Å²) < 4.78 is 5.24. The molecule has 1 aromatic carbocycles. The Bertz CT molecular complexity index is 439. The van der Waals surface area contributed by atoms with Gasteiger partial charge in [0, 0.05) is 0 Å². The van der Waals surface area contributed by atoms with Crippen LogP contribution >= 0.6 is 0 Å². The Hall–Kier alpha value is -1.55. The predicted molar refractivity (Wildman–Crippen MR) is 75.4 cm³/mol. The molecule has 0 saturated carbocycles. The highest BCUT2D eigenvalue weighted by molar-refractivity contribution is 5.79. The lowest BCUT2D eigenvalue weighted by Crippen LogP contribution is -2.48. The third-order valence-electron chi connectivity index (χ3n) is 3.41. The number of hydrogen-bond acceptors (Lipinski definition) is 3. The molecule has 106 valence electrons. The largest absolute Gasteiger partial charge is 0.496 e. The third-order valence-corrected chi connectivity index (χ3v) is 3.41. The Labute approximate surface area is 114 Å². The summed E-state index contributed by atoms with van der Waals surface area (Å²) >= 11 is 0. The molecule has 19 heavy (non-hydrogen) atoms. The molecule has 0 spiro atoms. The zero-order valence-electron chi connectivity index (χ0n) is 12.1. The van der Waals surface area contributed by atoms with Crippen molar-refractivity contribution in [1.29, 1.82) is 0 Å². The first-order valence-electron chi connectivity index (χ1n) is 6.49. The molecule has 0 saturated heterocycles. The zero-order valence-corrected chi connectivity index (χ0v) is 12.1. The fourth-order valence-corrected chi connectivity index (χ4v) is 1.78. The molecule has 0 aromatic heterocycles. The summed E-state index contributed by atoms with van der Waals surface area (Å²) in [5, 5.41) is 12.1. The van der Waals surface area contributed by atoms with E-state index in [1.807, 2.05) is 39.0 Å². The minimum absolute atomic E-state index is 0.0630. The fraction of sp³-hybridized carbons (Fsp3) is 0.533. The minimum Gasteiger partial charge on any atom is -0.496 e. The number of aryl methyl sites for hydroxylation is 1. The molecule has 0 aliphatic rings. The molecule has 0 aliphatic heterocycles. The van der Waals surface area contributed by atoms with Gasteiger partial charge in [-0.15, -0.1) is 0 Å². The quantitative estimate of drug-likeness (QED) is 0.825. The van der Waals surface area contributed by atoms with Crippen molar-refractivity contribution in [3.05, 3.63) is 29.3 Å². The number of carbonyl (C=O) groups is 1. The fourth-order valence-electron chi connectivity index (χ4n) is 1.78. The van der Waals surface area contributed by atoms with Crippen LogP contribution in [0.2, 0.25) is 0 Å². The molecule has 1 amide bonds. The van der Waals surface area contributed by atoms with E-state index in [2.05, 4.69) is 5.32 Å². The second-order valence-corrected chi connectivity index (χ2v) is 5.10. The average Bonchev–Trinajstić information content (AvgIpc) is 2.40. The van der Waals surface area contributed by atoms with Crippen LogP contribution in [0.15, 0.2) is 18.2 Å². The summed E-state index contributed by atoms with van der Waals surface area (Å²) in [5.74, 6) is 0.690. The molecule has 1 unspecified atom stereocenters. The summed E-state index contributed by atoms with van der Waals surface area (Å²) in [6, 6.07) is 5.73. The van der Waals surface area contributed by atoms with Crippen LogP contribution < -0.4 is 10.1 Å². The number of rotatable bonds is 6.